The SMILES string of the molecule is COc1ccc(Cl)cc1C(=O)N1CCN(c2cc(C(F)(F)F)nc(C)n2)CC1. The number of carbonyl (C=O) groups is 1. The van der Waals surface area contributed by atoms with Gasteiger partial charge in [-0.25, -0.2) is 9.97 Å². The molecule has 1 fully saturated rings. The summed E-state index contributed by atoms with van der Waals surface area (Å²) in [5.74, 6) is 0.422. The van der Waals surface area contributed by atoms with Crippen molar-refractivity contribution in [3.63, 3.8) is 0 Å². The lowest BCUT2D eigenvalue weighted by atomic mass is 10.1. The van der Waals surface area contributed by atoms with Gasteiger partial charge in [-0.2, -0.15) is 13.2 Å². The predicted octanol–water partition coefficient (Wildman–Crippen LogP) is 3.43. The Bertz CT molecular complexity index is 884. The van der Waals surface area contributed by atoms with Gasteiger partial charge in [0.05, 0.1) is 12.7 Å². The van der Waals surface area contributed by atoms with E-state index < -0.39 is 11.9 Å². The molecular weight excluding hydrogens is 397 g/mol. The Morgan fingerprint density at radius 2 is 1.82 bits per heavy atom. The number of hydrogen-bond acceptors (Lipinski definition) is 5. The number of benzene rings is 1. The first-order chi connectivity index (χ1) is 13.2. The molecule has 1 saturated heterocycles. The van der Waals surface area contributed by atoms with Crippen LogP contribution in [-0.2, 0) is 6.18 Å². The molecule has 0 spiro atoms. The number of anilines is 1. The van der Waals surface area contributed by atoms with E-state index in [1.807, 2.05) is 0 Å². The summed E-state index contributed by atoms with van der Waals surface area (Å²) >= 11 is 5.99. The summed E-state index contributed by atoms with van der Waals surface area (Å²) in [5, 5.41) is 0.416. The highest BCUT2D eigenvalue weighted by Crippen LogP contribution is 2.30. The van der Waals surface area contributed by atoms with Crippen molar-refractivity contribution in [3.8, 4) is 5.75 Å². The number of amides is 1. The minimum atomic E-state index is -4.54. The first-order valence-electron chi connectivity index (χ1n) is 8.49. The fraction of sp³-hybridized carbons (Fsp3) is 0.389. The van der Waals surface area contributed by atoms with Crippen molar-refractivity contribution in [3.05, 3.63) is 46.4 Å². The Kier molecular flexibility index (Phi) is 5.64. The Balaban J connectivity index is 1.74. The van der Waals surface area contributed by atoms with Crippen LogP contribution in [0.4, 0.5) is 19.0 Å². The van der Waals surface area contributed by atoms with Crippen LogP contribution in [-0.4, -0.2) is 54.1 Å². The Labute approximate surface area is 164 Å². The van der Waals surface area contributed by atoms with Crippen molar-refractivity contribution in [2.24, 2.45) is 0 Å². The Morgan fingerprint density at radius 3 is 2.43 bits per heavy atom. The quantitative estimate of drug-likeness (QED) is 0.770. The van der Waals surface area contributed by atoms with Crippen LogP contribution in [0, 0.1) is 6.92 Å². The van der Waals surface area contributed by atoms with E-state index in [1.54, 1.807) is 28.0 Å². The number of rotatable bonds is 3. The third-order valence-electron chi connectivity index (χ3n) is 4.40. The molecule has 0 atom stereocenters. The van der Waals surface area contributed by atoms with Gasteiger partial charge in [-0.3, -0.25) is 4.79 Å². The van der Waals surface area contributed by atoms with Crippen LogP contribution in [0.5, 0.6) is 5.75 Å². The van der Waals surface area contributed by atoms with E-state index in [9.17, 15) is 18.0 Å². The van der Waals surface area contributed by atoms with Crippen LogP contribution >= 0.6 is 11.6 Å². The largest absolute Gasteiger partial charge is 0.496 e. The lowest BCUT2D eigenvalue weighted by Crippen LogP contribution is -2.49. The molecule has 2 heterocycles. The molecule has 3 rings (SSSR count). The van der Waals surface area contributed by atoms with E-state index in [0.717, 1.165) is 6.07 Å². The van der Waals surface area contributed by atoms with E-state index in [0.29, 0.717) is 42.5 Å². The highest BCUT2D eigenvalue weighted by Gasteiger charge is 2.34. The fourth-order valence-corrected chi connectivity index (χ4v) is 3.19. The van der Waals surface area contributed by atoms with Crippen LogP contribution in [0.1, 0.15) is 21.9 Å². The normalized spacial score (nSPS) is 14.9. The van der Waals surface area contributed by atoms with Crippen molar-refractivity contribution in [2.45, 2.75) is 13.1 Å². The van der Waals surface area contributed by atoms with Crippen molar-refractivity contribution < 1.29 is 22.7 Å². The van der Waals surface area contributed by atoms with Gasteiger partial charge in [-0.05, 0) is 25.1 Å². The number of nitrogens with zero attached hydrogens (tertiary/aromatic N) is 4. The summed E-state index contributed by atoms with van der Waals surface area (Å²) in [4.78, 5) is 23.7. The first-order valence-corrected chi connectivity index (χ1v) is 8.87. The third-order valence-corrected chi connectivity index (χ3v) is 4.63. The van der Waals surface area contributed by atoms with Gasteiger partial charge in [-0.1, -0.05) is 11.6 Å². The lowest BCUT2D eigenvalue weighted by Gasteiger charge is -2.35. The molecule has 1 aliphatic heterocycles. The van der Waals surface area contributed by atoms with Gasteiger partial charge in [0.2, 0.25) is 0 Å². The predicted molar refractivity (Wildman–Crippen MR) is 97.9 cm³/mol. The first kappa shape index (κ1) is 20.2. The molecule has 0 bridgehead atoms. The zero-order valence-corrected chi connectivity index (χ0v) is 16.0. The number of alkyl halides is 3. The molecule has 1 aromatic heterocycles. The number of ether oxygens (including phenoxy) is 1. The lowest BCUT2D eigenvalue weighted by molar-refractivity contribution is -0.141. The summed E-state index contributed by atoms with van der Waals surface area (Å²) in [6.07, 6.45) is -4.54. The zero-order chi connectivity index (χ0) is 20.5. The number of methoxy groups -OCH3 is 1. The molecule has 0 saturated carbocycles. The molecule has 1 aromatic carbocycles. The maximum atomic E-state index is 13.0. The van der Waals surface area contributed by atoms with Gasteiger partial charge in [0, 0.05) is 37.3 Å². The molecular formula is C18H18ClF3N4O2. The minimum absolute atomic E-state index is 0.0481. The second-order valence-corrected chi connectivity index (χ2v) is 6.72. The molecule has 1 amide bonds. The van der Waals surface area contributed by atoms with Crippen LogP contribution < -0.4 is 9.64 Å². The fourth-order valence-electron chi connectivity index (χ4n) is 3.02. The van der Waals surface area contributed by atoms with Crippen molar-refractivity contribution in [2.75, 3.05) is 38.2 Å². The summed E-state index contributed by atoms with van der Waals surface area (Å²) in [6, 6.07) is 5.72. The van der Waals surface area contributed by atoms with Gasteiger partial charge in [0.25, 0.3) is 5.91 Å². The maximum Gasteiger partial charge on any atom is 0.433 e. The van der Waals surface area contributed by atoms with Gasteiger partial charge in [0.1, 0.15) is 23.1 Å². The summed E-state index contributed by atoms with van der Waals surface area (Å²) in [7, 11) is 1.47. The van der Waals surface area contributed by atoms with Crippen molar-refractivity contribution in [1.29, 1.82) is 0 Å². The minimum Gasteiger partial charge on any atom is -0.496 e. The van der Waals surface area contributed by atoms with Crippen LogP contribution in [0.3, 0.4) is 0 Å². The van der Waals surface area contributed by atoms with Crippen molar-refractivity contribution >= 4 is 23.3 Å². The van der Waals surface area contributed by atoms with Crippen molar-refractivity contribution in [1.82, 2.24) is 14.9 Å². The van der Waals surface area contributed by atoms with Crippen LogP contribution in [0.15, 0.2) is 24.3 Å². The topological polar surface area (TPSA) is 58.6 Å². The third kappa shape index (κ3) is 4.30. The second kappa shape index (κ2) is 7.83. The highest BCUT2D eigenvalue weighted by molar-refractivity contribution is 6.31. The molecule has 2 aromatic rings. The summed E-state index contributed by atoms with van der Waals surface area (Å²) in [6.45, 7) is 2.78. The zero-order valence-electron chi connectivity index (χ0n) is 15.3. The number of aryl methyl sites for hydroxylation is 1. The molecule has 28 heavy (non-hydrogen) atoms. The molecule has 0 radical (unpaired) electrons. The molecule has 6 nitrogen and oxygen atoms in total. The van der Waals surface area contributed by atoms with E-state index in [1.165, 1.54) is 14.0 Å². The van der Waals surface area contributed by atoms with Gasteiger partial charge in [0.15, 0.2) is 0 Å². The molecule has 0 unspecified atom stereocenters. The maximum absolute atomic E-state index is 13.0. The summed E-state index contributed by atoms with van der Waals surface area (Å²) < 4.78 is 44.2. The molecule has 0 N–H and O–H groups in total. The Morgan fingerprint density at radius 1 is 1.14 bits per heavy atom. The molecule has 150 valence electrons. The van der Waals surface area contributed by atoms with Gasteiger partial charge < -0.3 is 14.5 Å². The molecule has 0 aliphatic carbocycles. The van der Waals surface area contributed by atoms with Gasteiger partial charge in [-0.15, -0.1) is 0 Å². The average molecular weight is 415 g/mol. The summed E-state index contributed by atoms with van der Waals surface area (Å²) in [5.41, 5.74) is -0.627. The van der Waals surface area contributed by atoms with E-state index in [4.69, 9.17) is 16.3 Å². The van der Waals surface area contributed by atoms with Crippen LogP contribution in [0.25, 0.3) is 0 Å². The van der Waals surface area contributed by atoms with E-state index >= 15 is 0 Å². The molecule has 10 heteroatoms. The van der Waals surface area contributed by atoms with Gasteiger partial charge >= 0.3 is 6.18 Å². The van der Waals surface area contributed by atoms with E-state index in [-0.39, 0.29) is 17.5 Å². The second-order valence-electron chi connectivity index (χ2n) is 6.28. The number of aromatic nitrogens is 2. The number of hydrogen-bond donors (Lipinski definition) is 0. The number of halogens is 4. The average Bonchev–Trinajstić information content (AvgIpc) is 2.66. The number of carbonyl (C=O) groups excluding carboxylic acids is 1. The molecule has 1 aliphatic rings. The van der Waals surface area contributed by atoms with E-state index in [2.05, 4.69) is 9.97 Å². The Hall–Kier alpha value is -2.55. The van der Waals surface area contributed by atoms with Crippen LogP contribution in [0.2, 0.25) is 5.02 Å². The highest BCUT2D eigenvalue weighted by atomic mass is 35.5. The number of piperazine rings is 1. The standard InChI is InChI=1S/C18H18ClF3N4O2/c1-11-23-15(18(20,21)22)10-16(24-11)25-5-7-26(8-6-25)17(27)13-9-12(19)3-4-14(13)28-2/h3-4,9-10H,5-8H2,1-2H3. The monoisotopic (exact) mass is 414 g/mol. The smallest absolute Gasteiger partial charge is 0.433 e.